The standard InChI is InChI=1S/C70H116NO8P/c1-6-8-10-12-14-16-18-20-22-24-25-26-27-28-29-30-31-32-33-34-35-36-37-38-39-40-41-42-43-44-45-47-49-51-53-55-57-59-61-63-70(73)79-68(67-78-80(74,75)77-65-64-71(3,4)5)66-76-69(72)62-60-58-56-54-52-50-48-46-23-21-19-17-15-13-11-9-7-2/h8-11,14-17,20-23,25-26,28-29,31-32,34-35,37-38,48,50,68H,6-7,12-13,18-19,24,27,30,33,36,39-47,49,51-67H2,1-5H3/p+1/b10-8-,11-9-,16-14-,17-15-,22-20-,23-21-,26-25-,29-28-,32-31-,35-34-,38-37-,50-48-. The Hall–Kier alpha value is -4.11. The third-order valence-corrected chi connectivity index (χ3v) is 13.8. The summed E-state index contributed by atoms with van der Waals surface area (Å²) in [6.45, 7) is 4.16. The molecule has 0 saturated heterocycles. The fraction of sp³-hybridized carbons (Fsp3) is 0.629. The van der Waals surface area contributed by atoms with Gasteiger partial charge in [0.15, 0.2) is 6.10 Å². The quantitative estimate of drug-likeness (QED) is 0.0211. The normalized spacial score (nSPS) is 14.2. The molecule has 10 heteroatoms. The summed E-state index contributed by atoms with van der Waals surface area (Å²) >= 11 is 0. The van der Waals surface area contributed by atoms with Gasteiger partial charge in [0.25, 0.3) is 0 Å². The molecule has 0 radical (unpaired) electrons. The molecule has 0 saturated carbocycles. The van der Waals surface area contributed by atoms with E-state index in [9.17, 15) is 19.0 Å². The molecule has 0 rings (SSSR count). The van der Waals surface area contributed by atoms with Crippen molar-refractivity contribution in [3.8, 4) is 0 Å². The highest BCUT2D eigenvalue weighted by atomic mass is 31.2. The average Bonchev–Trinajstić information content (AvgIpc) is 3.42. The molecular formula is C70H117NO8P+. The molecule has 0 aliphatic heterocycles. The summed E-state index contributed by atoms with van der Waals surface area (Å²) in [6.07, 6.45) is 87.9. The number of carbonyl (C=O) groups excluding carboxylic acids is 2. The number of carbonyl (C=O) groups is 2. The molecule has 0 aliphatic carbocycles. The second-order valence-corrected chi connectivity index (χ2v) is 23.1. The van der Waals surface area contributed by atoms with Crippen molar-refractivity contribution in [2.24, 2.45) is 0 Å². The van der Waals surface area contributed by atoms with Gasteiger partial charge in [0.05, 0.1) is 27.7 Å². The average molecular weight is 1130 g/mol. The monoisotopic (exact) mass is 1130 g/mol. The SMILES string of the molecule is CC/C=C\C/C=C\C/C=C\C/C=C\C/C=C\C/C=C\C/C=C\C/C=C\CCCCCCCCCCCCCCCCC(=O)OC(COC(=O)CCCCCC/C=C\C/C=C\C/C=C\C/C=C\CC)COP(=O)(O)OCC[N+](C)(C)C. The van der Waals surface area contributed by atoms with Crippen LogP contribution in [0.2, 0.25) is 0 Å². The van der Waals surface area contributed by atoms with Gasteiger partial charge in [-0.3, -0.25) is 18.6 Å². The predicted octanol–water partition coefficient (Wildman–Crippen LogP) is 20.3. The van der Waals surface area contributed by atoms with Crippen LogP contribution in [0.15, 0.2) is 146 Å². The maximum Gasteiger partial charge on any atom is 0.472 e. The predicted molar refractivity (Wildman–Crippen MR) is 343 cm³/mol. The highest BCUT2D eigenvalue weighted by Gasteiger charge is 2.27. The first-order valence-corrected chi connectivity index (χ1v) is 33.1. The molecule has 0 amide bonds. The molecule has 1 N–H and O–H groups in total. The number of quaternary nitrogens is 1. The van der Waals surface area contributed by atoms with Gasteiger partial charge in [-0.15, -0.1) is 0 Å². The van der Waals surface area contributed by atoms with E-state index >= 15 is 0 Å². The highest BCUT2D eigenvalue weighted by molar-refractivity contribution is 7.47. The van der Waals surface area contributed by atoms with Crippen LogP contribution in [0, 0.1) is 0 Å². The van der Waals surface area contributed by atoms with Crippen molar-refractivity contribution in [3.63, 3.8) is 0 Å². The van der Waals surface area contributed by atoms with E-state index in [-0.39, 0.29) is 26.1 Å². The molecule has 9 nitrogen and oxygen atoms in total. The first-order valence-electron chi connectivity index (χ1n) is 31.6. The second-order valence-electron chi connectivity index (χ2n) is 21.7. The number of hydrogen-bond acceptors (Lipinski definition) is 7. The Morgan fingerprint density at radius 1 is 0.388 bits per heavy atom. The lowest BCUT2D eigenvalue weighted by Crippen LogP contribution is -2.37. The van der Waals surface area contributed by atoms with E-state index in [0.29, 0.717) is 23.9 Å². The summed E-state index contributed by atoms with van der Waals surface area (Å²) in [6, 6.07) is 0. The van der Waals surface area contributed by atoms with Crippen LogP contribution in [-0.2, 0) is 32.7 Å². The van der Waals surface area contributed by atoms with Crippen LogP contribution in [0.4, 0.5) is 0 Å². The lowest BCUT2D eigenvalue weighted by molar-refractivity contribution is -0.870. The number of rotatable bonds is 56. The Bertz CT molecular complexity index is 1860. The Labute approximate surface area is 491 Å². The van der Waals surface area contributed by atoms with Gasteiger partial charge in [-0.25, -0.2) is 4.57 Å². The number of unbranched alkanes of at least 4 members (excludes halogenated alkanes) is 18. The summed E-state index contributed by atoms with van der Waals surface area (Å²) in [4.78, 5) is 35.7. The minimum absolute atomic E-state index is 0.0208. The van der Waals surface area contributed by atoms with Crippen molar-refractivity contribution in [3.05, 3.63) is 146 Å². The number of nitrogens with zero attached hydrogens (tertiary/aromatic N) is 1. The maximum atomic E-state index is 12.8. The van der Waals surface area contributed by atoms with E-state index in [0.717, 1.165) is 122 Å². The summed E-state index contributed by atoms with van der Waals surface area (Å²) < 4.78 is 34.6. The third-order valence-electron chi connectivity index (χ3n) is 12.9. The fourth-order valence-corrected chi connectivity index (χ4v) is 8.82. The zero-order valence-electron chi connectivity index (χ0n) is 51.5. The van der Waals surface area contributed by atoms with Gasteiger partial charge in [0.1, 0.15) is 19.8 Å². The van der Waals surface area contributed by atoms with Crippen molar-refractivity contribution in [1.29, 1.82) is 0 Å². The molecule has 454 valence electrons. The molecule has 0 spiro atoms. The highest BCUT2D eigenvalue weighted by Crippen LogP contribution is 2.43. The van der Waals surface area contributed by atoms with Crippen molar-refractivity contribution >= 4 is 19.8 Å². The second kappa shape index (κ2) is 59.5. The van der Waals surface area contributed by atoms with E-state index in [1.54, 1.807) is 0 Å². The molecule has 0 bridgehead atoms. The smallest absolute Gasteiger partial charge is 0.462 e. The third kappa shape index (κ3) is 63.1. The number of phosphoric acid groups is 1. The summed E-state index contributed by atoms with van der Waals surface area (Å²) in [7, 11) is 1.45. The zero-order chi connectivity index (χ0) is 58.4. The van der Waals surface area contributed by atoms with Crippen LogP contribution in [0.3, 0.4) is 0 Å². The van der Waals surface area contributed by atoms with Crippen molar-refractivity contribution < 1.29 is 42.1 Å². The number of allylic oxidation sites excluding steroid dienone is 24. The van der Waals surface area contributed by atoms with Gasteiger partial charge in [0.2, 0.25) is 0 Å². The van der Waals surface area contributed by atoms with E-state index in [2.05, 4.69) is 160 Å². The number of ether oxygens (including phenoxy) is 2. The summed E-state index contributed by atoms with van der Waals surface area (Å²) in [5.74, 6) is -0.833. The van der Waals surface area contributed by atoms with Gasteiger partial charge in [0, 0.05) is 12.8 Å². The van der Waals surface area contributed by atoms with Crippen LogP contribution in [0.5, 0.6) is 0 Å². The Morgan fingerprint density at radius 3 is 1.00 bits per heavy atom. The minimum atomic E-state index is -4.40. The van der Waals surface area contributed by atoms with E-state index in [1.165, 1.54) is 70.6 Å². The number of hydrogen-bond donors (Lipinski definition) is 1. The first-order chi connectivity index (χ1) is 39.0. The largest absolute Gasteiger partial charge is 0.472 e. The van der Waals surface area contributed by atoms with Gasteiger partial charge in [-0.1, -0.05) is 250 Å². The van der Waals surface area contributed by atoms with Crippen LogP contribution < -0.4 is 0 Å². The van der Waals surface area contributed by atoms with Crippen molar-refractivity contribution in [2.75, 3.05) is 47.5 Å². The topological polar surface area (TPSA) is 108 Å². The molecular weight excluding hydrogens is 1010 g/mol. The lowest BCUT2D eigenvalue weighted by Gasteiger charge is -2.24. The Morgan fingerprint density at radius 2 is 0.675 bits per heavy atom. The molecule has 0 aromatic carbocycles. The molecule has 0 aromatic rings. The molecule has 80 heavy (non-hydrogen) atoms. The van der Waals surface area contributed by atoms with E-state index in [1.807, 2.05) is 21.1 Å². The fourth-order valence-electron chi connectivity index (χ4n) is 8.08. The van der Waals surface area contributed by atoms with Crippen LogP contribution in [0.25, 0.3) is 0 Å². The van der Waals surface area contributed by atoms with Crippen LogP contribution in [0.1, 0.15) is 232 Å². The van der Waals surface area contributed by atoms with Crippen molar-refractivity contribution in [1.82, 2.24) is 0 Å². The zero-order valence-corrected chi connectivity index (χ0v) is 52.4. The van der Waals surface area contributed by atoms with Crippen LogP contribution in [-0.4, -0.2) is 74.9 Å². The molecule has 0 heterocycles. The summed E-state index contributed by atoms with van der Waals surface area (Å²) in [5.41, 5.74) is 0. The molecule has 0 aliphatic rings. The maximum absolute atomic E-state index is 12.8. The van der Waals surface area contributed by atoms with Crippen LogP contribution >= 0.6 is 7.82 Å². The van der Waals surface area contributed by atoms with Gasteiger partial charge in [-0.05, 0) is 116 Å². The molecule has 2 unspecified atom stereocenters. The Kier molecular flexibility index (Phi) is 56.5. The molecule has 0 fully saturated rings. The van der Waals surface area contributed by atoms with Crippen molar-refractivity contribution in [2.45, 2.75) is 238 Å². The number of likely N-dealkylation sites (N-methyl/N-ethyl adjacent to an activating group) is 1. The van der Waals surface area contributed by atoms with Gasteiger partial charge >= 0.3 is 19.8 Å². The molecule has 2 atom stereocenters. The van der Waals surface area contributed by atoms with E-state index in [4.69, 9.17) is 18.5 Å². The summed E-state index contributed by atoms with van der Waals surface area (Å²) in [5, 5.41) is 0. The lowest BCUT2D eigenvalue weighted by atomic mass is 10.0. The minimum Gasteiger partial charge on any atom is -0.462 e. The van der Waals surface area contributed by atoms with Gasteiger partial charge < -0.3 is 18.9 Å². The van der Waals surface area contributed by atoms with E-state index < -0.39 is 32.5 Å². The Balaban J connectivity index is 4.08. The first kappa shape index (κ1) is 75.9. The van der Waals surface area contributed by atoms with Gasteiger partial charge in [-0.2, -0.15) is 0 Å². The number of esters is 2. The number of phosphoric ester groups is 1. The molecule has 0 aromatic heterocycles.